The highest BCUT2D eigenvalue weighted by atomic mass is 19.1. The lowest BCUT2D eigenvalue weighted by Crippen LogP contribution is -2.28. The first-order valence-corrected chi connectivity index (χ1v) is 10.9. The Bertz CT molecular complexity index is 1260. The normalized spacial score (nSPS) is 24.3. The van der Waals surface area contributed by atoms with E-state index in [1.165, 1.54) is 48.7 Å². The van der Waals surface area contributed by atoms with Crippen molar-refractivity contribution in [2.24, 2.45) is 28.8 Å². The van der Waals surface area contributed by atoms with Crippen LogP contribution in [-0.2, 0) is 14.4 Å². The third-order valence-electron chi connectivity index (χ3n) is 6.44. The summed E-state index contributed by atoms with van der Waals surface area (Å²) in [5.41, 5.74) is 0.209. The second-order valence-corrected chi connectivity index (χ2v) is 8.56. The molecule has 10 nitrogen and oxygen atoms in total. The third-order valence-corrected chi connectivity index (χ3v) is 6.44. The van der Waals surface area contributed by atoms with Gasteiger partial charge in [-0.3, -0.25) is 24.5 Å². The fourth-order valence-electron chi connectivity index (χ4n) is 4.88. The minimum Gasteiger partial charge on any atom is -0.477 e. The number of imide groups is 1. The van der Waals surface area contributed by atoms with Crippen LogP contribution in [0.25, 0.3) is 0 Å². The maximum atomic E-state index is 13.0. The van der Waals surface area contributed by atoms with Crippen molar-refractivity contribution in [1.29, 1.82) is 0 Å². The number of nitrogens with zero attached hydrogens (tertiary/aromatic N) is 3. The van der Waals surface area contributed by atoms with Crippen LogP contribution in [0.2, 0.25) is 0 Å². The highest BCUT2D eigenvalue weighted by molar-refractivity contribution is 6.06. The molecule has 1 N–H and O–H groups in total. The number of rotatable bonds is 7. The average Bonchev–Trinajstić information content (AvgIpc) is 3.52. The van der Waals surface area contributed by atoms with Gasteiger partial charge in [-0.1, -0.05) is 12.2 Å². The van der Waals surface area contributed by atoms with Crippen LogP contribution >= 0.6 is 0 Å². The van der Waals surface area contributed by atoms with Gasteiger partial charge in [0.1, 0.15) is 5.82 Å². The molecule has 5 rings (SSSR count). The van der Waals surface area contributed by atoms with Crippen molar-refractivity contribution < 1.29 is 28.4 Å². The average molecular weight is 478 g/mol. The number of hydrazone groups is 1. The van der Waals surface area contributed by atoms with E-state index in [1.54, 1.807) is 0 Å². The van der Waals surface area contributed by atoms with Crippen LogP contribution in [0.4, 0.5) is 15.8 Å². The topological polar surface area (TPSA) is 131 Å². The molecule has 4 unspecified atom stereocenters. The molecule has 1 saturated heterocycles. The highest BCUT2D eigenvalue weighted by Gasteiger charge is 2.59. The smallest absolute Gasteiger partial charge is 0.311 e. The molecule has 35 heavy (non-hydrogen) atoms. The largest absolute Gasteiger partial charge is 0.477 e. The Morgan fingerprint density at radius 3 is 2.43 bits per heavy atom. The first-order chi connectivity index (χ1) is 16.8. The fraction of sp³-hybridized carbons (Fsp3) is 0.250. The number of nitro benzene ring substituents is 1. The lowest BCUT2D eigenvalue weighted by molar-refractivity contribution is -0.385. The van der Waals surface area contributed by atoms with Gasteiger partial charge in [0, 0.05) is 17.3 Å². The summed E-state index contributed by atoms with van der Waals surface area (Å²) in [5, 5.41) is 18.9. The van der Waals surface area contributed by atoms with Crippen molar-refractivity contribution in [2.75, 3.05) is 11.9 Å². The number of hydrogen-bond acceptors (Lipinski definition) is 7. The SMILES string of the molecule is O=C(COc1ccc(C=NN2C(=O)C3C4C=CC(C4)C3C2=O)cc1[N+](=O)[O-])Nc1ccc(F)cc1. The van der Waals surface area contributed by atoms with Crippen molar-refractivity contribution in [2.45, 2.75) is 6.42 Å². The minimum atomic E-state index is -0.676. The first-order valence-electron chi connectivity index (χ1n) is 10.9. The van der Waals surface area contributed by atoms with Crippen molar-refractivity contribution in [3.8, 4) is 5.75 Å². The summed E-state index contributed by atoms with van der Waals surface area (Å²) in [5.74, 6) is -2.56. The second kappa shape index (κ2) is 8.75. The molecule has 0 spiro atoms. The van der Waals surface area contributed by atoms with E-state index in [0.29, 0.717) is 5.69 Å². The number of ether oxygens (including phenoxy) is 1. The molecule has 2 bridgehead atoms. The molecule has 2 aromatic rings. The van der Waals surface area contributed by atoms with E-state index < -0.39 is 28.9 Å². The van der Waals surface area contributed by atoms with Gasteiger partial charge < -0.3 is 10.1 Å². The van der Waals surface area contributed by atoms with Crippen LogP contribution in [-0.4, -0.2) is 40.5 Å². The third kappa shape index (κ3) is 4.16. The highest BCUT2D eigenvalue weighted by Crippen LogP contribution is 2.52. The molecule has 4 atom stereocenters. The Morgan fingerprint density at radius 2 is 1.80 bits per heavy atom. The zero-order valence-electron chi connectivity index (χ0n) is 18.2. The molecule has 2 fully saturated rings. The van der Waals surface area contributed by atoms with Crippen molar-refractivity contribution in [3.05, 3.63) is 76.1 Å². The summed E-state index contributed by atoms with van der Waals surface area (Å²) in [6, 6.07) is 9.03. The summed E-state index contributed by atoms with van der Waals surface area (Å²) in [7, 11) is 0. The number of fused-ring (bicyclic) bond motifs is 5. The van der Waals surface area contributed by atoms with E-state index in [4.69, 9.17) is 4.74 Å². The Kier molecular flexibility index (Phi) is 5.59. The van der Waals surface area contributed by atoms with Gasteiger partial charge in [0.2, 0.25) is 0 Å². The number of allylic oxidation sites excluding steroid dienone is 2. The van der Waals surface area contributed by atoms with Gasteiger partial charge in [0.05, 0.1) is 23.0 Å². The summed E-state index contributed by atoms with van der Waals surface area (Å²) in [4.78, 5) is 48.3. The maximum absolute atomic E-state index is 13.0. The Balaban J connectivity index is 1.25. The van der Waals surface area contributed by atoms with Crippen molar-refractivity contribution in [3.63, 3.8) is 0 Å². The molecule has 2 aromatic carbocycles. The number of nitro groups is 1. The predicted octanol–water partition coefficient (Wildman–Crippen LogP) is 2.89. The molecular formula is C24H19FN4O6. The van der Waals surface area contributed by atoms with Gasteiger partial charge in [0.15, 0.2) is 12.4 Å². The van der Waals surface area contributed by atoms with Crippen LogP contribution < -0.4 is 10.1 Å². The van der Waals surface area contributed by atoms with E-state index >= 15 is 0 Å². The lowest BCUT2D eigenvalue weighted by Gasteiger charge is -2.13. The summed E-state index contributed by atoms with van der Waals surface area (Å²) < 4.78 is 18.3. The molecule has 0 aromatic heterocycles. The van der Waals surface area contributed by atoms with Crippen LogP contribution in [0.15, 0.2) is 59.7 Å². The number of benzene rings is 2. The number of carbonyl (C=O) groups is 3. The molecule has 1 saturated carbocycles. The minimum absolute atomic E-state index is 0.0550. The molecule has 2 aliphatic carbocycles. The van der Waals surface area contributed by atoms with Crippen LogP contribution in [0.1, 0.15) is 12.0 Å². The summed E-state index contributed by atoms with van der Waals surface area (Å²) >= 11 is 0. The number of hydrogen-bond donors (Lipinski definition) is 1. The van der Waals surface area contributed by atoms with Gasteiger partial charge >= 0.3 is 5.69 Å². The van der Waals surface area contributed by atoms with Crippen molar-refractivity contribution in [1.82, 2.24) is 5.01 Å². The van der Waals surface area contributed by atoms with Crippen LogP contribution in [0.5, 0.6) is 5.75 Å². The van der Waals surface area contributed by atoms with E-state index in [1.807, 2.05) is 12.2 Å². The Hall–Kier alpha value is -4.41. The molecule has 178 valence electrons. The fourth-order valence-corrected chi connectivity index (χ4v) is 4.88. The summed E-state index contributed by atoms with van der Waals surface area (Å²) in [6.45, 7) is -0.512. The predicted molar refractivity (Wildman–Crippen MR) is 121 cm³/mol. The molecule has 3 aliphatic rings. The molecule has 3 amide bonds. The van der Waals surface area contributed by atoms with Crippen molar-refractivity contribution >= 4 is 35.3 Å². The molecule has 0 radical (unpaired) electrons. The second-order valence-electron chi connectivity index (χ2n) is 8.56. The van der Waals surface area contributed by atoms with Crippen LogP contribution in [0, 0.1) is 39.6 Å². The number of amides is 3. The van der Waals surface area contributed by atoms with E-state index in [9.17, 15) is 28.9 Å². The number of carbonyl (C=O) groups excluding carboxylic acids is 3. The standard InChI is InChI=1S/C24H19FN4O6/c25-16-4-6-17(7-5-16)27-20(30)12-35-19-8-1-13(9-18(19)29(33)34)11-26-28-23(31)21-14-2-3-15(10-14)22(21)24(28)32/h1-9,11,14-15,21-22H,10,12H2,(H,27,30). The monoisotopic (exact) mass is 478 g/mol. The van der Waals surface area contributed by atoms with Gasteiger partial charge in [-0.25, -0.2) is 4.39 Å². The zero-order valence-corrected chi connectivity index (χ0v) is 18.2. The van der Waals surface area contributed by atoms with E-state index in [0.717, 1.165) is 11.4 Å². The quantitative estimate of drug-likeness (QED) is 0.214. The summed E-state index contributed by atoms with van der Waals surface area (Å²) in [6.07, 6.45) is 5.97. The first kappa shape index (κ1) is 22.4. The Labute approximate surface area is 198 Å². The molecule has 11 heteroatoms. The van der Waals surface area contributed by atoms with Gasteiger partial charge in [-0.2, -0.15) is 10.1 Å². The van der Waals surface area contributed by atoms with E-state index in [-0.39, 0.29) is 46.8 Å². The van der Waals surface area contributed by atoms with Crippen LogP contribution in [0.3, 0.4) is 0 Å². The van der Waals surface area contributed by atoms with Gasteiger partial charge in [-0.15, -0.1) is 0 Å². The Morgan fingerprint density at radius 1 is 1.14 bits per heavy atom. The van der Waals surface area contributed by atoms with Gasteiger partial charge in [-0.05, 0) is 54.7 Å². The number of halogens is 1. The zero-order chi connectivity index (χ0) is 24.7. The molecule has 1 heterocycles. The number of anilines is 1. The van der Waals surface area contributed by atoms with Gasteiger partial charge in [0.25, 0.3) is 17.7 Å². The lowest BCUT2D eigenvalue weighted by atomic mass is 9.85. The number of nitrogens with one attached hydrogen (secondary N) is 1. The van der Waals surface area contributed by atoms with E-state index in [2.05, 4.69) is 10.4 Å². The molecular weight excluding hydrogens is 459 g/mol. The molecule has 1 aliphatic heterocycles. The maximum Gasteiger partial charge on any atom is 0.311 e.